The highest BCUT2D eigenvalue weighted by Gasteiger charge is 2.35. The number of carbonyl (C=O) groups excluding carboxylic acids is 1. The number of likely N-dealkylation sites (tertiary alicyclic amines) is 1. The topological polar surface area (TPSA) is 91.3 Å². The largest absolute Gasteiger partial charge is 0.395 e. The lowest BCUT2D eigenvalue weighted by molar-refractivity contribution is -0.253. The number of ether oxygens (including phenoxy) is 2. The van der Waals surface area contributed by atoms with Crippen LogP contribution in [0.3, 0.4) is 0 Å². The summed E-state index contributed by atoms with van der Waals surface area (Å²) in [6.45, 7) is 1.76. The molecule has 190 valence electrons. The summed E-state index contributed by atoms with van der Waals surface area (Å²) in [5.74, 6) is -0.740. The summed E-state index contributed by atoms with van der Waals surface area (Å²) in [4.78, 5) is 14.2. The molecule has 0 spiro atoms. The fraction of sp³-hybridized carbons (Fsp3) is 0.480. The van der Waals surface area contributed by atoms with Crippen molar-refractivity contribution in [3.63, 3.8) is 0 Å². The Kier molecular flexibility index (Phi) is 8.94. The van der Waals surface area contributed by atoms with Gasteiger partial charge in [-0.25, -0.2) is 0 Å². The van der Waals surface area contributed by atoms with Gasteiger partial charge in [0.15, 0.2) is 6.29 Å². The molecule has 0 radical (unpaired) electrons. The first-order valence-corrected chi connectivity index (χ1v) is 12.7. The number of amides is 1. The van der Waals surface area contributed by atoms with E-state index in [1.165, 1.54) is 0 Å². The van der Waals surface area contributed by atoms with Gasteiger partial charge < -0.3 is 25.0 Å². The average Bonchev–Trinajstić information content (AvgIpc) is 3.30. The molecule has 4 rings (SSSR count). The van der Waals surface area contributed by atoms with Crippen LogP contribution in [0.15, 0.2) is 48.5 Å². The van der Waals surface area contributed by atoms with Crippen LogP contribution in [0, 0.1) is 0 Å². The predicted molar refractivity (Wildman–Crippen MR) is 135 cm³/mol. The van der Waals surface area contributed by atoms with Gasteiger partial charge in [0.2, 0.25) is 0 Å². The van der Waals surface area contributed by atoms with E-state index in [0.29, 0.717) is 18.7 Å². The normalized spacial score (nSPS) is 25.5. The molecule has 3 N–H and O–H groups in total. The summed E-state index contributed by atoms with van der Waals surface area (Å²) in [7, 11) is 0. The third-order valence-corrected chi connectivity index (χ3v) is 6.98. The van der Waals surface area contributed by atoms with Gasteiger partial charge in [0.1, 0.15) is 0 Å². The molecule has 2 aromatic carbocycles. The first-order chi connectivity index (χ1) is 16.8. The van der Waals surface area contributed by atoms with Crippen LogP contribution < -0.4 is 5.32 Å². The summed E-state index contributed by atoms with van der Waals surface area (Å²) in [5, 5.41) is 21.7. The highest BCUT2D eigenvalue weighted by atomic mass is 35.6. The van der Waals surface area contributed by atoms with E-state index in [4.69, 9.17) is 44.3 Å². The number of anilines is 1. The number of aliphatic hydroxyl groups excluding tert-OH is 2. The molecule has 0 aromatic heterocycles. The molecule has 10 heteroatoms. The molecule has 2 fully saturated rings. The van der Waals surface area contributed by atoms with Gasteiger partial charge in [0.05, 0.1) is 25.4 Å². The molecule has 1 amide bonds. The van der Waals surface area contributed by atoms with Crippen LogP contribution in [0.4, 0.5) is 5.69 Å². The monoisotopic (exact) mass is 542 g/mol. The highest BCUT2D eigenvalue weighted by Crippen LogP contribution is 2.39. The molecular formula is C25H29Cl3N2O5. The second kappa shape index (κ2) is 11.8. The van der Waals surface area contributed by atoms with Crippen molar-refractivity contribution >= 4 is 46.4 Å². The second-order valence-corrected chi connectivity index (χ2v) is 11.2. The van der Waals surface area contributed by atoms with Crippen molar-refractivity contribution in [3.05, 3.63) is 65.2 Å². The fourth-order valence-corrected chi connectivity index (χ4v) is 4.70. The molecule has 4 atom stereocenters. The maximum Gasteiger partial charge on any atom is 0.276 e. The van der Waals surface area contributed by atoms with Gasteiger partial charge in [-0.1, -0.05) is 71.2 Å². The van der Waals surface area contributed by atoms with Crippen molar-refractivity contribution in [2.24, 2.45) is 0 Å². The Morgan fingerprint density at radius 2 is 1.71 bits per heavy atom. The number of nitrogens with zero attached hydrogens (tertiary/aromatic N) is 1. The van der Waals surface area contributed by atoms with Crippen molar-refractivity contribution in [1.82, 2.24) is 4.90 Å². The number of hydrogen-bond donors (Lipinski definition) is 3. The Balaban J connectivity index is 1.52. The number of alkyl halides is 3. The van der Waals surface area contributed by atoms with E-state index in [1.54, 1.807) is 24.3 Å². The third kappa shape index (κ3) is 6.87. The molecule has 0 saturated carbocycles. The zero-order valence-electron chi connectivity index (χ0n) is 19.1. The molecule has 0 unspecified atom stereocenters. The summed E-state index contributed by atoms with van der Waals surface area (Å²) in [5.41, 5.74) is 3.12. The maximum absolute atomic E-state index is 11.9. The zero-order valence-corrected chi connectivity index (χ0v) is 21.3. The van der Waals surface area contributed by atoms with Gasteiger partial charge in [0.25, 0.3) is 9.70 Å². The first kappa shape index (κ1) is 26.6. The van der Waals surface area contributed by atoms with Gasteiger partial charge in [-0.3, -0.25) is 9.69 Å². The summed E-state index contributed by atoms with van der Waals surface area (Å²) >= 11 is 16.9. The van der Waals surface area contributed by atoms with Gasteiger partial charge >= 0.3 is 0 Å². The SMILES string of the molecule is O=C(Nc1ccc([C@H]2O[C@@H](CN3CCC[C@H]3CO)C[C@@H](c3ccc(CO)cc3)O2)cc1)C(Cl)(Cl)Cl. The second-order valence-electron chi connectivity index (χ2n) is 8.90. The van der Waals surface area contributed by atoms with Crippen molar-refractivity contribution in [3.8, 4) is 0 Å². The van der Waals surface area contributed by atoms with E-state index in [0.717, 1.165) is 36.1 Å². The minimum absolute atomic E-state index is 0.0150. The Hall–Kier alpha value is -1.42. The van der Waals surface area contributed by atoms with Gasteiger partial charge in [-0.05, 0) is 42.6 Å². The maximum atomic E-state index is 11.9. The number of benzene rings is 2. The molecule has 2 aromatic rings. The van der Waals surface area contributed by atoms with E-state index >= 15 is 0 Å². The summed E-state index contributed by atoms with van der Waals surface area (Å²) in [6, 6.07) is 14.9. The smallest absolute Gasteiger partial charge is 0.276 e. The number of hydrogen-bond acceptors (Lipinski definition) is 6. The molecule has 35 heavy (non-hydrogen) atoms. The molecule has 2 heterocycles. The molecular weight excluding hydrogens is 515 g/mol. The van der Waals surface area contributed by atoms with Crippen LogP contribution in [-0.2, 0) is 20.9 Å². The number of rotatable bonds is 7. The quantitative estimate of drug-likeness (QED) is 0.446. The van der Waals surface area contributed by atoms with Crippen LogP contribution in [0.25, 0.3) is 0 Å². The number of aliphatic hydroxyl groups is 2. The van der Waals surface area contributed by atoms with E-state index < -0.39 is 16.0 Å². The van der Waals surface area contributed by atoms with Crippen LogP contribution >= 0.6 is 34.8 Å². The van der Waals surface area contributed by atoms with Crippen molar-refractivity contribution < 1.29 is 24.5 Å². The van der Waals surface area contributed by atoms with Gasteiger partial charge in [0, 0.05) is 30.3 Å². The Morgan fingerprint density at radius 1 is 1.03 bits per heavy atom. The molecule has 7 nitrogen and oxygen atoms in total. The lowest BCUT2D eigenvalue weighted by Crippen LogP contribution is -2.42. The molecule has 0 bridgehead atoms. The number of nitrogens with one attached hydrogen (secondary N) is 1. The molecule has 2 aliphatic heterocycles. The van der Waals surface area contributed by atoms with E-state index in [9.17, 15) is 15.0 Å². The van der Waals surface area contributed by atoms with E-state index in [-0.39, 0.29) is 31.5 Å². The fourth-order valence-electron chi connectivity index (χ4n) is 4.56. The van der Waals surface area contributed by atoms with Crippen LogP contribution in [-0.4, -0.2) is 56.7 Å². The summed E-state index contributed by atoms with van der Waals surface area (Å²) < 4.78 is 10.7. The zero-order chi connectivity index (χ0) is 25.0. The number of halogens is 3. The summed E-state index contributed by atoms with van der Waals surface area (Å²) in [6.07, 6.45) is 1.78. The van der Waals surface area contributed by atoms with E-state index in [1.807, 2.05) is 24.3 Å². The third-order valence-electron chi connectivity index (χ3n) is 6.46. The molecule has 2 saturated heterocycles. The highest BCUT2D eigenvalue weighted by molar-refractivity contribution is 6.76. The van der Waals surface area contributed by atoms with Crippen LogP contribution in [0.5, 0.6) is 0 Å². The van der Waals surface area contributed by atoms with Crippen LogP contribution in [0.2, 0.25) is 0 Å². The molecule has 2 aliphatic rings. The standard InChI is InChI=1S/C25H29Cl3N2O5/c26-25(27,28)24(33)29-19-9-7-18(8-10-19)23-34-21(13-30-11-1-2-20(30)15-32)12-22(35-23)17-5-3-16(14-31)4-6-17/h3-10,20-23,31-32H,1-2,11-15H2,(H,29,33)/t20-,21+,22-,23-/m0/s1. The molecule has 0 aliphatic carbocycles. The lowest BCUT2D eigenvalue weighted by Gasteiger charge is -2.38. The van der Waals surface area contributed by atoms with Gasteiger partial charge in [-0.15, -0.1) is 0 Å². The lowest BCUT2D eigenvalue weighted by atomic mass is 9.99. The van der Waals surface area contributed by atoms with Crippen LogP contribution in [0.1, 0.15) is 48.3 Å². The minimum atomic E-state index is -2.05. The van der Waals surface area contributed by atoms with Crippen molar-refractivity contribution in [2.75, 3.05) is 25.0 Å². The Morgan fingerprint density at radius 3 is 2.34 bits per heavy atom. The van der Waals surface area contributed by atoms with E-state index in [2.05, 4.69) is 10.2 Å². The minimum Gasteiger partial charge on any atom is -0.395 e. The van der Waals surface area contributed by atoms with Gasteiger partial charge in [-0.2, -0.15) is 0 Å². The average molecular weight is 544 g/mol. The number of carbonyl (C=O) groups is 1. The first-order valence-electron chi connectivity index (χ1n) is 11.6. The Labute approximate surface area is 219 Å². The van der Waals surface area contributed by atoms with Crippen molar-refractivity contribution in [1.29, 1.82) is 0 Å². The Bertz CT molecular complexity index is 984. The predicted octanol–water partition coefficient (Wildman–Crippen LogP) is 4.49. The van der Waals surface area contributed by atoms with Crippen molar-refractivity contribution in [2.45, 2.75) is 54.2 Å².